The Kier molecular flexibility index (Phi) is 14.9. The van der Waals surface area contributed by atoms with Crippen molar-refractivity contribution >= 4 is 64.4 Å². The lowest BCUT2D eigenvalue weighted by Crippen LogP contribution is -2.11. The van der Waals surface area contributed by atoms with Crippen LogP contribution in [-0.2, 0) is 6.42 Å². The third kappa shape index (κ3) is 9.86. The Bertz CT molecular complexity index is 5330. The zero-order chi connectivity index (χ0) is 63.1. The molecule has 15 aromatic rings. The van der Waals surface area contributed by atoms with E-state index in [1.807, 2.05) is 6.08 Å². The Morgan fingerprint density at radius 3 is 1.36 bits per heavy atom. The zero-order valence-corrected chi connectivity index (χ0v) is 54.1. The summed E-state index contributed by atoms with van der Waals surface area (Å²) in [5.41, 5.74) is 17.8. The lowest BCUT2D eigenvalue weighted by Gasteiger charge is -2.43. The van der Waals surface area contributed by atoms with Crippen LogP contribution in [0.2, 0.25) is 0 Å². The third-order valence-corrected chi connectivity index (χ3v) is 26.8. The molecule has 2 aliphatic rings. The Balaban J connectivity index is 0.932. The maximum absolute atomic E-state index is 3.60. The van der Waals surface area contributed by atoms with Gasteiger partial charge in [-0.25, -0.2) is 0 Å². The normalized spacial score (nSPS) is 13.2. The second-order valence-corrected chi connectivity index (χ2v) is 30.6. The monoisotopic (exact) mass is 1250 g/mol. The van der Waals surface area contributed by atoms with E-state index in [1.54, 1.807) is 0 Å². The van der Waals surface area contributed by atoms with Gasteiger partial charge in [0, 0.05) is 89.8 Å². The van der Waals surface area contributed by atoms with E-state index in [9.17, 15) is 0 Å². The van der Waals surface area contributed by atoms with E-state index in [-0.39, 0.29) is 0 Å². The van der Waals surface area contributed by atoms with E-state index in [4.69, 9.17) is 0 Å². The van der Waals surface area contributed by atoms with Crippen molar-refractivity contribution in [3.8, 4) is 56.6 Å². The van der Waals surface area contributed by atoms with E-state index in [0.29, 0.717) is 6.42 Å². The van der Waals surface area contributed by atoms with Gasteiger partial charge in [0.2, 0.25) is 0 Å². The molecule has 0 spiro atoms. The number of para-hydroxylation sites is 1. The maximum atomic E-state index is 3.60. The minimum atomic E-state index is -2.34. The van der Waals surface area contributed by atoms with Gasteiger partial charge in [0.05, 0.1) is 22.2 Å². The third-order valence-electron chi connectivity index (χ3n) is 19.1. The first-order valence-corrected chi connectivity index (χ1v) is 36.1. The molecule has 0 radical (unpaired) electrons. The molecule has 0 N–H and O–H groups in total. The van der Waals surface area contributed by atoms with E-state index in [2.05, 4.69) is 379 Å². The van der Waals surface area contributed by atoms with Gasteiger partial charge >= 0.3 is 0 Å². The SMILES string of the molecule is C1#CCC(c2cc(S(c3ccccc3)(c3ccccc3)c3cc(-c4ccccc4)cc(-c4ccccc4)c3)cc(-c3ccccc3)c2-n2c3c(c4cc(-n5c6ccccc6c6cc(S(c7ccccc7)(c7ccccc7)c7ccccc7)ccc65)ccc42)C=CCC3)=CC=C1. The van der Waals surface area contributed by atoms with Crippen LogP contribution in [0.4, 0.5) is 0 Å². The molecule has 4 heteroatoms. The molecule has 452 valence electrons. The summed E-state index contributed by atoms with van der Waals surface area (Å²) < 4.78 is 5.17. The average Bonchev–Trinajstić information content (AvgIpc) is 1.61. The molecule has 2 heterocycles. The van der Waals surface area contributed by atoms with Gasteiger partial charge in [-0.3, -0.25) is 0 Å². The standard InChI is InChI=1S/C91H66N2S2/c1-2-12-38-68(37-11-1)83-64-80(95(76-47-25-9-26-48-76,77-49-27-10-28-50-77)79-60-70(66-33-13-3-14-34-66)59-71(61-79)67-35-15-4-16-36-67)65-84(69-39-17-5-18-40-69)91(83)93-88-54-32-30-51-81(88)85-62-72(55-57-90(85)93)92-87-53-31-29-52-82(87)86-63-78(56-58-89(86)92)94(73-41-19-6-20-42-73,74-43-21-7-22-44-74)75-45-23-8-24-46-75/h1,3-11,13-31,33-37,39-53,55-65H,32,38,54H2. The first-order valence-electron chi connectivity index (χ1n) is 32.8. The van der Waals surface area contributed by atoms with Crippen molar-refractivity contribution < 1.29 is 0 Å². The molecular formula is C91H66N2S2. The highest BCUT2D eigenvalue weighted by Gasteiger charge is 2.38. The first-order chi connectivity index (χ1) is 47.1. The fourth-order valence-electron chi connectivity index (χ4n) is 14.9. The van der Waals surface area contributed by atoms with Crippen LogP contribution < -0.4 is 0 Å². The topological polar surface area (TPSA) is 9.86 Å². The molecule has 0 aliphatic heterocycles. The van der Waals surface area contributed by atoms with Crippen LogP contribution in [0, 0.1) is 11.8 Å². The number of fused-ring (bicyclic) bond motifs is 6. The Morgan fingerprint density at radius 2 is 0.789 bits per heavy atom. The summed E-state index contributed by atoms with van der Waals surface area (Å²) in [6.07, 6.45) is 13.6. The second-order valence-electron chi connectivity index (χ2n) is 24.4. The van der Waals surface area contributed by atoms with Gasteiger partial charge in [0.15, 0.2) is 0 Å². The van der Waals surface area contributed by atoms with Crippen LogP contribution in [0.5, 0.6) is 0 Å². The van der Waals surface area contributed by atoms with E-state index in [0.717, 1.165) is 24.1 Å². The number of aromatic nitrogens is 2. The molecule has 0 bridgehead atoms. The van der Waals surface area contributed by atoms with E-state index in [1.165, 1.54) is 128 Å². The number of rotatable bonds is 14. The van der Waals surface area contributed by atoms with Crippen LogP contribution in [0.15, 0.2) is 397 Å². The summed E-state index contributed by atoms with van der Waals surface area (Å²) in [6, 6.07) is 125. The fourth-order valence-corrected chi connectivity index (χ4v) is 22.8. The average molecular weight is 1250 g/mol. The molecule has 0 saturated heterocycles. The molecule has 95 heavy (non-hydrogen) atoms. The first kappa shape index (κ1) is 57.6. The van der Waals surface area contributed by atoms with Gasteiger partial charge < -0.3 is 9.13 Å². The number of allylic oxidation sites excluding steroid dienone is 5. The number of hydrogen-bond donors (Lipinski definition) is 0. The summed E-state index contributed by atoms with van der Waals surface area (Å²) in [5, 5.41) is 3.68. The molecule has 0 atom stereocenters. The molecule has 0 unspecified atom stereocenters. The summed E-state index contributed by atoms with van der Waals surface area (Å²) in [6.45, 7) is 0. The van der Waals surface area contributed by atoms with Crippen molar-refractivity contribution in [3.63, 3.8) is 0 Å². The molecule has 0 amide bonds. The fraction of sp³-hybridized carbons (Fsp3) is 0.0330. The predicted octanol–water partition coefficient (Wildman–Crippen LogP) is 24.7. The van der Waals surface area contributed by atoms with Crippen molar-refractivity contribution in [1.29, 1.82) is 0 Å². The predicted molar refractivity (Wildman–Crippen MR) is 401 cm³/mol. The molecule has 0 saturated carbocycles. The Labute approximate surface area is 559 Å². The molecule has 2 aliphatic carbocycles. The van der Waals surface area contributed by atoms with Gasteiger partial charge in [-0.1, -0.05) is 236 Å². The van der Waals surface area contributed by atoms with Crippen molar-refractivity contribution in [3.05, 3.63) is 375 Å². The molecule has 17 rings (SSSR count). The molecule has 0 fully saturated rings. The number of nitrogens with zero attached hydrogens (tertiary/aromatic N) is 2. The summed E-state index contributed by atoms with van der Waals surface area (Å²) >= 11 is 0. The lowest BCUT2D eigenvalue weighted by atomic mass is 9.93. The molecule has 13 aromatic carbocycles. The van der Waals surface area contributed by atoms with Crippen molar-refractivity contribution in [2.45, 2.75) is 58.4 Å². The summed E-state index contributed by atoms with van der Waals surface area (Å²) in [7, 11) is -4.28. The number of hydrogen-bond acceptors (Lipinski definition) is 0. The van der Waals surface area contributed by atoms with Gasteiger partial charge in [-0.2, -0.15) is 0 Å². The largest absolute Gasteiger partial charge is 0.312 e. The van der Waals surface area contributed by atoms with Gasteiger partial charge in [-0.05, 0) is 186 Å². The highest BCUT2D eigenvalue weighted by Crippen LogP contribution is 2.76. The van der Waals surface area contributed by atoms with Crippen molar-refractivity contribution in [1.82, 2.24) is 9.13 Å². The summed E-state index contributed by atoms with van der Waals surface area (Å²) in [4.78, 5) is 10.2. The molecular weight excluding hydrogens is 1190 g/mol. The highest BCUT2D eigenvalue weighted by atomic mass is 32.3. The minimum Gasteiger partial charge on any atom is -0.312 e. The van der Waals surface area contributed by atoms with Gasteiger partial charge in [0.25, 0.3) is 0 Å². The van der Waals surface area contributed by atoms with E-state index >= 15 is 0 Å². The van der Waals surface area contributed by atoms with Crippen LogP contribution >= 0.6 is 20.1 Å². The molecule has 2 nitrogen and oxygen atoms in total. The Morgan fingerprint density at radius 1 is 0.326 bits per heavy atom. The van der Waals surface area contributed by atoms with Crippen LogP contribution in [0.25, 0.3) is 89.1 Å². The number of benzene rings is 13. The second kappa shape index (κ2) is 24.6. The van der Waals surface area contributed by atoms with Crippen molar-refractivity contribution in [2.24, 2.45) is 0 Å². The van der Waals surface area contributed by atoms with Gasteiger partial charge in [0.1, 0.15) is 0 Å². The lowest BCUT2D eigenvalue weighted by molar-refractivity contribution is 0.887. The van der Waals surface area contributed by atoms with Crippen LogP contribution in [0.1, 0.15) is 29.7 Å². The van der Waals surface area contributed by atoms with Crippen LogP contribution in [0.3, 0.4) is 0 Å². The molecule has 2 aromatic heterocycles. The zero-order valence-electron chi connectivity index (χ0n) is 52.5. The van der Waals surface area contributed by atoms with Crippen LogP contribution in [-0.4, -0.2) is 9.13 Å². The maximum Gasteiger partial charge on any atom is 0.0613 e. The minimum absolute atomic E-state index is 0.587. The van der Waals surface area contributed by atoms with Gasteiger partial charge in [-0.15, -0.1) is 20.1 Å². The van der Waals surface area contributed by atoms with E-state index < -0.39 is 20.1 Å². The Hall–Kier alpha value is -11.3. The smallest absolute Gasteiger partial charge is 0.0613 e. The highest BCUT2D eigenvalue weighted by molar-refractivity contribution is 8.34. The quantitative estimate of drug-likeness (QED) is 0.0961. The summed E-state index contributed by atoms with van der Waals surface area (Å²) in [5.74, 6) is 6.98. The van der Waals surface area contributed by atoms with Crippen molar-refractivity contribution in [2.75, 3.05) is 0 Å².